The zero-order valence-corrected chi connectivity index (χ0v) is 13.2. The fraction of sp³-hybridized carbons (Fsp3) is 0.333. The van der Waals surface area contributed by atoms with Crippen LogP contribution in [-0.4, -0.2) is 38.6 Å². The van der Waals surface area contributed by atoms with Crippen LogP contribution < -0.4 is 4.90 Å². The number of hydrogen-bond acceptors (Lipinski definition) is 7. The second-order valence-corrected chi connectivity index (χ2v) is 6.51. The van der Waals surface area contributed by atoms with E-state index in [0.29, 0.717) is 24.3 Å². The molecule has 7 nitrogen and oxygen atoms in total. The molecule has 0 saturated carbocycles. The smallest absolute Gasteiger partial charge is 0.325 e. The van der Waals surface area contributed by atoms with Gasteiger partial charge in [0.05, 0.1) is 0 Å². The van der Waals surface area contributed by atoms with E-state index in [2.05, 4.69) is 10.2 Å². The molecule has 3 rings (SSSR count). The van der Waals surface area contributed by atoms with E-state index in [-0.39, 0.29) is 34.6 Å². The highest BCUT2D eigenvalue weighted by molar-refractivity contribution is 8.13. The highest BCUT2D eigenvalue weighted by Crippen LogP contribution is 2.29. The number of thioether (sulfide) groups is 1. The van der Waals surface area contributed by atoms with E-state index in [1.54, 1.807) is 12.1 Å². The van der Waals surface area contributed by atoms with E-state index < -0.39 is 0 Å². The molecule has 23 heavy (non-hydrogen) atoms. The van der Waals surface area contributed by atoms with E-state index >= 15 is 0 Å². The maximum Gasteiger partial charge on any atom is 0.325 e. The van der Waals surface area contributed by atoms with E-state index in [1.807, 2.05) is 0 Å². The molecule has 2 heterocycles. The molecule has 0 aliphatic carbocycles. The maximum absolute atomic E-state index is 12.1. The van der Waals surface area contributed by atoms with Crippen LogP contribution in [0.1, 0.15) is 13.3 Å². The molecule has 0 bridgehead atoms. The monoisotopic (exact) mass is 333 g/mol. The summed E-state index contributed by atoms with van der Waals surface area (Å²) in [6.07, 6.45) is 0.372. The summed E-state index contributed by atoms with van der Waals surface area (Å²) in [4.78, 5) is 24.6. The number of hydrogen-bond donors (Lipinski definition) is 1. The van der Waals surface area contributed by atoms with Gasteiger partial charge in [-0.1, -0.05) is 16.9 Å². The Morgan fingerprint density at radius 1 is 1.39 bits per heavy atom. The summed E-state index contributed by atoms with van der Waals surface area (Å²) in [5.74, 6) is 1.06. The maximum atomic E-state index is 12.1. The molecule has 1 aliphatic rings. The Hall–Kier alpha value is -2.35. The van der Waals surface area contributed by atoms with Crippen molar-refractivity contribution >= 4 is 28.8 Å². The first-order valence-electron chi connectivity index (χ1n) is 7.09. The predicted octanol–water partition coefficient (Wildman–Crippen LogP) is 2.07. The van der Waals surface area contributed by atoms with Crippen molar-refractivity contribution in [3.63, 3.8) is 0 Å². The van der Waals surface area contributed by atoms with Gasteiger partial charge in [0.15, 0.2) is 5.12 Å². The first-order valence-corrected chi connectivity index (χ1v) is 8.08. The second-order valence-electron chi connectivity index (χ2n) is 5.31. The minimum Gasteiger partial charge on any atom is -0.508 e. The fourth-order valence-electron chi connectivity index (χ4n) is 2.36. The standard InChI is InChI=1S/C15H15N3O4S/c1-9(19)23-8-10-6-13(21)18(7-10)15-17-16-14(22-15)11-2-4-12(20)5-3-11/h2-5,10,20H,6-8H2,1H3. The SMILES string of the molecule is CC(=O)SCC1CC(=O)N(c2nnc(-c3ccc(O)cc3)o2)C1. The number of rotatable bonds is 4. The molecule has 8 heteroatoms. The van der Waals surface area contributed by atoms with Gasteiger partial charge in [0.25, 0.3) is 0 Å². The Kier molecular flexibility index (Phi) is 4.33. The number of carbonyl (C=O) groups excluding carboxylic acids is 2. The van der Waals surface area contributed by atoms with Crippen molar-refractivity contribution in [3.8, 4) is 17.2 Å². The average molecular weight is 333 g/mol. The lowest BCUT2D eigenvalue weighted by atomic mass is 10.1. The van der Waals surface area contributed by atoms with Gasteiger partial charge in [-0.05, 0) is 30.2 Å². The highest BCUT2D eigenvalue weighted by Gasteiger charge is 2.34. The summed E-state index contributed by atoms with van der Waals surface area (Å²) < 4.78 is 5.57. The van der Waals surface area contributed by atoms with Crippen molar-refractivity contribution in [1.29, 1.82) is 0 Å². The van der Waals surface area contributed by atoms with Crippen molar-refractivity contribution in [2.45, 2.75) is 13.3 Å². The van der Waals surface area contributed by atoms with E-state index in [9.17, 15) is 14.7 Å². The van der Waals surface area contributed by atoms with E-state index in [0.717, 1.165) is 0 Å². The molecule has 1 aromatic heterocycles. The number of anilines is 1. The first-order chi connectivity index (χ1) is 11.0. The third kappa shape index (κ3) is 3.53. The van der Waals surface area contributed by atoms with Gasteiger partial charge in [0.1, 0.15) is 5.75 Å². The molecule has 1 N–H and O–H groups in total. The molecule has 1 unspecified atom stereocenters. The van der Waals surface area contributed by atoms with E-state index in [1.165, 1.54) is 35.7 Å². The normalized spacial score (nSPS) is 17.7. The molecule has 1 aliphatic heterocycles. The summed E-state index contributed by atoms with van der Waals surface area (Å²) in [5, 5.41) is 17.2. The largest absolute Gasteiger partial charge is 0.508 e. The van der Waals surface area contributed by atoms with Gasteiger partial charge >= 0.3 is 6.01 Å². The minimum absolute atomic E-state index is 0.0447. The number of nitrogens with zero attached hydrogens (tertiary/aromatic N) is 3. The van der Waals surface area contributed by atoms with Gasteiger partial charge in [0.2, 0.25) is 11.8 Å². The number of aromatic nitrogens is 2. The average Bonchev–Trinajstić information content (AvgIpc) is 3.12. The predicted molar refractivity (Wildman–Crippen MR) is 85.0 cm³/mol. The molecule has 2 aromatic rings. The molecule has 1 fully saturated rings. The van der Waals surface area contributed by atoms with Crippen LogP contribution in [0.5, 0.6) is 5.75 Å². The van der Waals surface area contributed by atoms with Crippen molar-refractivity contribution < 1.29 is 19.1 Å². The van der Waals surface area contributed by atoms with Gasteiger partial charge in [0, 0.05) is 31.2 Å². The van der Waals surface area contributed by atoms with Gasteiger partial charge in [-0.15, -0.1) is 5.10 Å². The number of aromatic hydroxyl groups is 1. The molecule has 120 valence electrons. The van der Waals surface area contributed by atoms with E-state index in [4.69, 9.17) is 4.42 Å². The quantitative estimate of drug-likeness (QED) is 0.915. The summed E-state index contributed by atoms with van der Waals surface area (Å²) in [7, 11) is 0. The molecular formula is C15H15N3O4S. The zero-order valence-electron chi connectivity index (χ0n) is 12.4. The van der Waals surface area contributed by atoms with Crippen LogP contribution in [0.15, 0.2) is 28.7 Å². The van der Waals surface area contributed by atoms with Crippen LogP contribution in [0.2, 0.25) is 0 Å². The Labute approximate surface area is 136 Å². The molecule has 1 aromatic carbocycles. The third-order valence-electron chi connectivity index (χ3n) is 3.49. The number of phenols is 1. The van der Waals surface area contributed by atoms with Crippen LogP contribution in [0.3, 0.4) is 0 Å². The minimum atomic E-state index is -0.0833. The third-order valence-corrected chi connectivity index (χ3v) is 4.53. The summed E-state index contributed by atoms with van der Waals surface area (Å²) in [5.41, 5.74) is 0.664. The van der Waals surface area contributed by atoms with Crippen LogP contribution in [0, 0.1) is 5.92 Å². The van der Waals surface area contributed by atoms with Crippen molar-refractivity contribution in [1.82, 2.24) is 10.2 Å². The Morgan fingerprint density at radius 3 is 2.83 bits per heavy atom. The van der Waals surface area contributed by atoms with Gasteiger partial charge < -0.3 is 9.52 Å². The summed E-state index contributed by atoms with van der Waals surface area (Å²) in [6, 6.07) is 6.52. The summed E-state index contributed by atoms with van der Waals surface area (Å²) in [6.45, 7) is 1.98. The van der Waals surface area contributed by atoms with Crippen molar-refractivity contribution in [2.75, 3.05) is 17.2 Å². The topological polar surface area (TPSA) is 96.5 Å². The van der Waals surface area contributed by atoms with Crippen LogP contribution in [-0.2, 0) is 9.59 Å². The van der Waals surface area contributed by atoms with Crippen LogP contribution >= 0.6 is 11.8 Å². The molecule has 1 atom stereocenters. The molecular weight excluding hydrogens is 318 g/mol. The van der Waals surface area contributed by atoms with Crippen molar-refractivity contribution in [3.05, 3.63) is 24.3 Å². The number of amides is 1. The van der Waals surface area contributed by atoms with Crippen molar-refractivity contribution in [2.24, 2.45) is 5.92 Å². The number of carbonyl (C=O) groups is 2. The zero-order chi connectivity index (χ0) is 16.4. The second kappa shape index (κ2) is 6.41. The Balaban J connectivity index is 1.71. The number of phenolic OH excluding ortho intramolecular Hbond substituents is 1. The van der Waals surface area contributed by atoms with Gasteiger partial charge in [-0.25, -0.2) is 0 Å². The van der Waals surface area contributed by atoms with Crippen LogP contribution in [0.25, 0.3) is 11.5 Å². The Morgan fingerprint density at radius 2 is 2.13 bits per heavy atom. The Bertz CT molecular complexity index is 729. The lowest BCUT2D eigenvalue weighted by Gasteiger charge is -2.10. The molecule has 0 radical (unpaired) electrons. The molecule has 0 spiro atoms. The fourth-order valence-corrected chi connectivity index (χ4v) is 3.05. The van der Waals surface area contributed by atoms with Crippen LogP contribution in [0.4, 0.5) is 6.01 Å². The molecule has 1 saturated heterocycles. The molecule has 1 amide bonds. The van der Waals surface area contributed by atoms with Gasteiger partial charge in [-0.2, -0.15) is 0 Å². The number of benzene rings is 1. The first kappa shape index (κ1) is 15.5. The summed E-state index contributed by atoms with van der Waals surface area (Å²) >= 11 is 1.22. The highest BCUT2D eigenvalue weighted by atomic mass is 32.2. The lowest BCUT2D eigenvalue weighted by molar-refractivity contribution is -0.117. The lowest BCUT2D eigenvalue weighted by Crippen LogP contribution is -2.25. The van der Waals surface area contributed by atoms with Gasteiger partial charge in [-0.3, -0.25) is 14.5 Å².